The molecule has 2 aromatic carbocycles. The van der Waals surface area contributed by atoms with Gasteiger partial charge in [0.05, 0.1) is 0 Å². The third-order valence-electron chi connectivity index (χ3n) is 3.20. The zero-order valence-corrected chi connectivity index (χ0v) is 11.1. The standard InChI is InChI=1S/C16H15NS/c1-12-9-10-18-16(12)11-17-15-8-4-6-13-5-2-3-7-14(13)15/h2-10,17H,11H2,1H3. The van der Waals surface area contributed by atoms with Gasteiger partial charge in [-0.05, 0) is 35.4 Å². The van der Waals surface area contributed by atoms with Crippen LogP contribution in [0.25, 0.3) is 10.8 Å². The minimum Gasteiger partial charge on any atom is -0.380 e. The second kappa shape index (κ2) is 4.83. The number of aryl methyl sites for hydroxylation is 1. The van der Waals surface area contributed by atoms with Gasteiger partial charge in [0.1, 0.15) is 0 Å². The van der Waals surface area contributed by atoms with Crippen LogP contribution < -0.4 is 5.32 Å². The van der Waals surface area contributed by atoms with E-state index in [4.69, 9.17) is 0 Å². The van der Waals surface area contributed by atoms with E-state index in [1.165, 1.54) is 26.9 Å². The summed E-state index contributed by atoms with van der Waals surface area (Å²) >= 11 is 1.81. The van der Waals surface area contributed by atoms with Crippen molar-refractivity contribution in [1.82, 2.24) is 0 Å². The molecule has 0 saturated carbocycles. The third kappa shape index (κ3) is 2.12. The topological polar surface area (TPSA) is 12.0 Å². The van der Waals surface area contributed by atoms with Gasteiger partial charge in [-0.1, -0.05) is 36.4 Å². The van der Waals surface area contributed by atoms with Gasteiger partial charge in [0.15, 0.2) is 0 Å². The van der Waals surface area contributed by atoms with Crippen LogP contribution in [0.4, 0.5) is 5.69 Å². The monoisotopic (exact) mass is 253 g/mol. The summed E-state index contributed by atoms with van der Waals surface area (Å²) in [5.74, 6) is 0. The number of nitrogens with one attached hydrogen (secondary N) is 1. The van der Waals surface area contributed by atoms with Gasteiger partial charge in [-0.15, -0.1) is 11.3 Å². The van der Waals surface area contributed by atoms with Crippen LogP contribution in [0.2, 0.25) is 0 Å². The molecule has 3 aromatic rings. The molecule has 0 bridgehead atoms. The smallest absolute Gasteiger partial charge is 0.0497 e. The van der Waals surface area contributed by atoms with Gasteiger partial charge in [-0.2, -0.15) is 0 Å². The molecule has 2 heteroatoms. The van der Waals surface area contributed by atoms with Gasteiger partial charge in [0.25, 0.3) is 0 Å². The van der Waals surface area contributed by atoms with Crippen LogP contribution in [0.1, 0.15) is 10.4 Å². The van der Waals surface area contributed by atoms with Crippen LogP contribution in [-0.2, 0) is 6.54 Å². The summed E-state index contributed by atoms with van der Waals surface area (Å²) in [6.45, 7) is 3.06. The Morgan fingerprint density at radius 2 is 1.83 bits per heavy atom. The molecular weight excluding hydrogens is 238 g/mol. The molecule has 0 aliphatic carbocycles. The number of hydrogen-bond acceptors (Lipinski definition) is 2. The van der Waals surface area contributed by atoms with Gasteiger partial charge >= 0.3 is 0 Å². The summed E-state index contributed by atoms with van der Waals surface area (Å²) in [7, 11) is 0. The summed E-state index contributed by atoms with van der Waals surface area (Å²) < 4.78 is 0. The number of thiophene rings is 1. The average Bonchev–Trinajstić information content (AvgIpc) is 2.82. The second-order valence-electron chi connectivity index (χ2n) is 4.41. The Bertz CT molecular complexity index is 664. The molecule has 0 saturated heterocycles. The minimum absolute atomic E-state index is 0.900. The lowest BCUT2D eigenvalue weighted by Gasteiger charge is -2.09. The van der Waals surface area contributed by atoms with Crippen LogP contribution in [0, 0.1) is 6.92 Å². The molecule has 1 nitrogen and oxygen atoms in total. The molecule has 1 aromatic heterocycles. The first-order chi connectivity index (χ1) is 8.84. The van der Waals surface area contributed by atoms with Crippen LogP contribution in [0.5, 0.6) is 0 Å². The first-order valence-electron chi connectivity index (χ1n) is 6.09. The number of fused-ring (bicyclic) bond motifs is 1. The molecule has 0 amide bonds. The van der Waals surface area contributed by atoms with Crippen LogP contribution in [0.3, 0.4) is 0 Å². The molecule has 0 aliphatic heterocycles. The molecule has 0 radical (unpaired) electrons. The fraction of sp³-hybridized carbons (Fsp3) is 0.125. The lowest BCUT2D eigenvalue weighted by molar-refractivity contribution is 1.17. The van der Waals surface area contributed by atoms with Crippen molar-refractivity contribution in [3.8, 4) is 0 Å². The van der Waals surface area contributed by atoms with Gasteiger partial charge in [0.2, 0.25) is 0 Å². The molecule has 1 N–H and O–H groups in total. The number of anilines is 1. The molecule has 0 atom stereocenters. The van der Waals surface area contributed by atoms with E-state index in [2.05, 4.69) is 66.2 Å². The van der Waals surface area contributed by atoms with Crippen molar-refractivity contribution in [1.29, 1.82) is 0 Å². The van der Waals surface area contributed by atoms with E-state index in [0.29, 0.717) is 0 Å². The van der Waals surface area contributed by atoms with Gasteiger partial charge in [0, 0.05) is 22.5 Å². The van der Waals surface area contributed by atoms with Crippen LogP contribution >= 0.6 is 11.3 Å². The molecule has 0 spiro atoms. The first-order valence-corrected chi connectivity index (χ1v) is 6.97. The summed E-state index contributed by atoms with van der Waals surface area (Å²) in [6.07, 6.45) is 0. The predicted molar refractivity (Wildman–Crippen MR) is 80.3 cm³/mol. The van der Waals surface area contributed by atoms with E-state index in [0.717, 1.165) is 6.54 Å². The zero-order chi connectivity index (χ0) is 12.4. The van der Waals surface area contributed by atoms with E-state index < -0.39 is 0 Å². The highest BCUT2D eigenvalue weighted by molar-refractivity contribution is 7.10. The molecule has 18 heavy (non-hydrogen) atoms. The average molecular weight is 253 g/mol. The van der Waals surface area contributed by atoms with E-state index in [9.17, 15) is 0 Å². The second-order valence-corrected chi connectivity index (χ2v) is 5.41. The largest absolute Gasteiger partial charge is 0.380 e. The van der Waals surface area contributed by atoms with Crippen molar-refractivity contribution in [2.24, 2.45) is 0 Å². The van der Waals surface area contributed by atoms with Crippen molar-refractivity contribution in [3.05, 3.63) is 64.4 Å². The van der Waals surface area contributed by atoms with Gasteiger partial charge in [-0.25, -0.2) is 0 Å². The maximum atomic E-state index is 3.54. The summed E-state index contributed by atoms with van der Waals surface area (Å²) in [5.41, 5.74) is 2.58. The quantitative estimate of drug-likeness (QED) is 0.705. The fourth-order valence-corrected chi connectivity index (χ4v) is 2.99. The Morgan fingerprint density at radius 1 is 1.00 bits per heavy atom. The van der Waals surface area contributed by atoms with E-state index in [1.807, 2.05) is 11.3 Å². The van der Waals surface area contributed by atoms with E-state index in [-0.39, 0.29) is 0 Å². The lowest BCUT2D eigenvalue weighted by atomic mass is 10.1. The maximum Gasteiger partial charge on any atom is 0.0497 e. The van der Waals surface area contributed by atoms with Crippen molar-refractivity contribution in [3.63, 3.8) is 0 Å². The van der Waals surface area contributed by atoms with Crippen molar-refractivity contribution in [2.45, 2.75) is 13.5 Å². The summed E-state index contributed by atoms with van der Waals surface area (Å²) in [4.78, 5) is 1.41. The van der Waals surface area contributed by atoms with E-state index >= 15 is 0 Å². The van der Waals surface area contributed by atoms with Crippen molar-refractivity contribution >= 4 is 27.8 Å². The van der Waals surface area contributed by atoms with Crippen LogP contribution in [0.15, 0.2) is 53.9 Å². The van der Waals surface area contributed by atoms with E-state index in [1.54, 1.807) is 0 Å². The van der Waals surface area contributed by atoms with Crippen molar-refractivity contribution < 1.29 is 0 Å². The maximum absolute atomic E-state index is 3.54. The first kappa shape index (κ1) is 11.3. The number of rotatable bonds is 3. The van der Waals surface area contributed by atoms with Gasteiger partial charge < -0.3 is 5.32 Å². The highest BCUT2D eigenvalue weighted by atomic mass is 32.1. The SMILES string of the molecule is Cc1ccsc1CNc1cccc2ccccc12. The molecule has 0 fully saturated rings. The molecule has 3 rings (SSSR count). The number of hydrogen-bond donors (Lipinski definition) is 1. The summed E-state index contributed by atoms with van der Waals surface area (Å²) in [5, 5.41) is 8.26. The third-order valence-corrected chi connectivity index (χ3v) is 4.22. The Balaban J connectivity index is 1.89. The molecule has 0 unspecified atom stereocenters. The summed E-state index contributed by atoms with van der Waals surface area (Å²) in [6, 6.07) is 17.0. The number of benzene rings is 2. The predicted octanol–water partition coefficient (Wildman–Crippen LogP) is 4.82. The Labute approximate surface area is 111 Å². The molecule has 90 valence electrons. The highest BCUT2D eigenvalue weighted by Gasteiger charge is 2.02. The minimum atomic E-state index is 0.900. The fourth-order valence-electron chi connectivity index (χ4n) is 2.14. The van der Waals surface area contributed by atoms with Crippen LogP contribution in [-0.4, -0.2) is 0 Å². The Kier molecular flexibility index (Phi) is 3.03. The normalized spacial score (nSPS) is 10.7. The molecule has 0 aliphatic rings. The Hall–Kier alpha value is -1.80. The van der Waals surface area contributed by atoms with Crippen molar-refractivity contribution in [2.75, 3.05) is 5.32 Å². The Morgan fingerprint density at radius 3 is 2.67 bits per heavy atom. The highest BCUT2D eigenvalue weighted by Crippen LogP contribution is 2.24. The van der Waals surface area contributed by atoms with Gasteiger partial charge in [-0.3, -0.25) is 0 Å². The molecular formula is C16H15NS. The molecule has 1 heterocycles. The zero-order valence-electron chi connectivity index (χ0n) is 10.3. The lowest BCUT2D eigenvalue weighted by Crippen LogP contribution is -1.99.